The lowest BCUT2D eigenvalue weighted by Crippen LogP contribution is -2.50. The van der Waals surface area contributed by atoms with E-state index >= 15 is 0 Å². The topological polar surface area (TPSA) is 23.6 Å². The molecule has 0 atom stereocenters. The maximum atomic E-state index is 13.9. The molecule has 0 N–H and O–H groups in total. The van der Waals surface area contributed by atoms with Crippen molar-refractivity contribution in [2.45, 2.75) is 19.3 Å². The molecule has 1 fully saturated rings. The molecule has 2 aliphatic carbocycles. The van der Waals surface area contributed by atoms with Crippen molar-refractivity contribution in [3.63, 3.8) is 0 Å². The van der Waals surface area contributed by atoms with Crippen molar-refractivity contribution < 1.29 is 4.79 Å². The number of hydrogen-bond acceptors (Lipinski definition) is 1. The molecule has 4 aromatic rings. The van der Waals surface area contributed by atoms with Crippen LogP contribution in [-0.2, 0) is 12.8 Å². The molecule has 4 aromatic carbocycles. The summed E-state index contributed by atoms with van der Waals surface area (Å²) in [6.07, 6.45) is 2.74. The fraction of sp³-hybridized carbons (Fsp3) is 0.167. The zero-order valence-electron chi connectivity index (χ0n) is 18.4. The normalized spacial score (nSPS) is 15.8. The van der Waals surface area contributed by atoms with Gasteiger partial charge in [-0.15, -0.1) is 0 Å². The Bertz CT molecular complexity index is 1330. The van der Waals surface area contributed by atoms with E-state index in [2.05, 4.69) is 84.9 Å². The summed E-state index contributed by atoms with van der Waals surface area (Å²) in [5.41, 5.74) is 12.5. The van der Waals surface area contributed by atoms with Crippen molar-refractivity contribution in [2.75, 3.05) is 22.9 Å². The highest BCUT2D eigenvalue weighted by Gasteiger charge is 2.33. The minimum absolute atomic E-state index is 0.0926. The van der Waals surface area contributed by atoms with Crippen LogP contribution >= 0.6 is 0 Å². The second kappa shape index (κ2) is 7.08. The summed E-state index contributed by atoms with van der Waals surface area (Å²) >= 11 is 0. The lowest BCUT2D eigenvalue weighted by molar-refractivity contribution is 0.248. The van der Waals surface area contributed by atoms with Gasteiger partial charge in [-0.3, -0.25) is 9.80 Å². The maximum absolute atomic E-state index is 13.9. The van der Waals surface area contributed by atoms with Crippen LogP contribution in [0.25, 0.3) is 22.3 Å². The van der Waals surface area contributed by atoms with E-state index < -0.39 is 0 Å². The van der Waals surface area contributed by atoms with E-state index in [4.69, 9.17) is 0 Å². The van der Waals surface area contributed by atoms with E-state index in [1.54, 1.807) is 0 Å². The number of fused-ring (bicyclic) bond motifs is 6. The van der Waals surface area contributed by atoms with Crippen molar-refractivity contribution in [2.24, 2.45) is 0 Å². The first-order chi connectivity index (χ1) is 16.3. The summed E-state index contributed by atoms with van der Waals surface area (Å²) in [5, 5.41) is 0. The number of hydrogen-bond donors (Lipinski definition) is 0. The highest BCUT2D eigenvalue weighted by Crippen LogP contribution is 2.44. The largest absolute Gasteiger partial charge is 0.328 e. The predicted molar refractivity (Wildman–Crippen MR) is 134 cm³/mol. The zero-order valence-corrected chi connectivity index (χ0v) is 18.4. The average molecular weight is 429 g/mol. The lowest BCUT2D eigenvalue weighted by Gasteiger charge is -2.37. The quantitative estimate of drug-likeness (QED) is 0.302. The molecule has 33 heavy (non-hydrogen) atoms. The number of amides is 2. The number of carbonyl (C=O) groups is 1. The second-order valence-electron chi connectivity index (χ2n) is 9.21. The molecule has 160 valence electrons. The molecule has 1 saturated heterocycles. The summed E-state index contributed by atoms with van der Waals surface area (Å²) in [6, 6.07) is 30.1. The van der Waals surface area contributed by atoms with Crippen molar-refractivity contribution in [1.29, 1.82) is 0 Å². The van der Waals surface area contributed by atoms with Crippen LogP contribution in [0.2, 0.25) is 0 Å². The molecule has 1 heterocycles. The Hall–Kier alpha value is -3.85. The fourth-order valence-corrected chi connectivity index (χ4v) is 5.96. The Balaban J connectivity index is 1.28. The number of nitrogens with zero attached hydrogens (tertiary/aromatic N) is 2. The van der Waals surface area contributed by atoms with Crippen LogP contribution in [0.15, 0.2) is 84.9 Å². The van der Waals surface area contributed by atoms with Crippen LogP contribution in [0, 0.1) is 0 Å². The van der Waals surface area contributed by atoms with Gasteiger partial charge in [-0.05, 0) is 63.1 Å². The Morgan fingerprint density at radius 3 is 1.48 bits per heavy atom. The van der Waals surface area contributed by atoms with Crippen molar-refractivity contribution in [1.82, 2.24) is 0 Å². The maximum Gasteiger partial charge on any atom is 0.328 e. The molecule has 0 bridgehead atoms. The molecular weight excluding hydrogens is 404 g/mol. The van der Waals surface area contributed by atoms with E-state index in [1.165, 1.54) is 44.5 Å². The summed E-state index contributed by atoms with van der Waals surface area (Å²) in [7, 11) is 0. The van der Waals surface area contributed by atoms with Crippen LogP contribution in [0.4, 0.5) is 16.2 Å². The van der Waals surface area contributed by atoms with Gasteiger partial charge in [0.05, 0.1) is 0 Å². The van der Waals surface area contributed by atoms with Gasteiger partial charge in [0.1, 0.15) is 0 Å². The molecule has 3 heteroatoms. The van der Waals surface area contributed by atoms with Crippen LogP contribution < -0.4 is 9.80 Å². The Morgan fingerprint density at radius 1 is 0.515 bits per heavy atom. The third kappa shape index (κ3) is 2.72. The summed E-state index contributed by atoms with van der Waals surface area (Å²) < 4.78 is 0. The standard InChI is InChI=1S/C30H24N2O/c33-30-31(28-14-5-12-24-22-10-3-1-8-20(22)18-26(24)28)16-7-17-32(30)29-15-6-13-25-23-11-4-2-9-21(23)19-27(25)29/h1-6,8-15H,7,16-19H2. The van der Waals surface area contributed by atoms with Crippen LogP contribution in [0.1, 0.15) is 28.7 Å². The molecule has 0 saturated carbocycles. The molecule has 0 radical (unpaired) electrons. The van der Waals surface area contributed by atoms with Gasteiger partial charge in [-0.1, -0.05) is 72.8 Å². The third-order valence-electron chi connectivity index (χ3n) is 7.46. The molecule has 7 rings (SSSR count). The SMILES string of the molecule is O=C1N(c2cccc3c2Cc2ccccc2-3)CCCN1c1cccc2c1Cc1ccccc1-2. The molecular formula is C30H24N2O. The van der Waals surface area contributed by atoms with E-state index in [9.17, 15) is 4.79 Å². The number of carbonyl (C=O) groups excluding carboxylic acids is 1. The monoisotopic (exact) mass is 428 g/mol. The van der Waals surface area contributed by atoms with Crippen LogP contribution in [0.3, 0.4) is 0 Å². The minimum Gasteiger partial charge on any atom is -0.294 e. The van der Waals surface area contributed by atoms with E-state index in [0.29, 0.717) is 0 Å². The Kier molecular flexibility index (Phi) is 4.01. The number of benzene rings is 4. The Labute approximate surface area is 193 Å². The van der Waals surface area contributed by atoms with Crippen molar-refractivity contribution in [3.05, 3.63) is 107 Å². The molecule has 1 aliphatic heterocycles. The highest BCUT2D eigenvalue weighted by molar-refractivity contribution is 6.07. The fourth-order valence-electron chi connectivity index (χ4n) is 5.96. The van der Waals surface area contributed by atoms with E-state index in [-0.39, 0.29) is 6.03 Å². The molecule has 3 aliphatic rings. The number of rotatable bonds is 2. The molecule has 0 aromatic heterocycles. The van der Waals surface area contributed by atoms with Gasteiger partial charge in [0.25, 0.3) is 0 Å². The van der Waals surface area contributed by atoms with Gasteiger partial charge in [0.2, 0.25) is 0 Å². The van der Waals surface area contributed by atoms with Gasteiger partial charge in [-0.2, -0.15) is 0 Å². The average Bonchev–Trinajstić information content (AvgIpc) is 3.43. The number of anilines is 2. The van der Waals surface area contributed by atoms with Crippen LogP contribution in [0.5, 0.6) is 0 Å². The van der Waals surface area contributed by atoms with Crippen molar-refractivity contribution >= 4 is 17.4 Å². The molecule has 3 nitrogen and oxygen atoms in total. The van der Waals surface area contributed by atoms with Gasteiger partial charge in [0.15, 0.2) is 0 Å². The highest BCUT2D eigenvalue weighted by atomic mass is 16.2. The first kappa shape index (κ1) is 18.7. The van der Waals surface area contributed by atoms with E-state index in [0.717, 1.165) is 43.7 Å². The van der Waals surface area contributed by atoms with Gasteiger partial charge >= 0.3 is 6.03 Å². The molecule has 0 spiro atoms. The van der Waals surface area contributed by atoms with Gasteiger partial charge in [0, 0.05) is 37.3 Å². The zero-order chi connectivity index (χ0) is 21.9. The van der Waals surface area contributed by atoms with E-state index in [1.807, 2.05) is 9.80 Å². The Morgan fingerprint density at radius 2 is 0.970 bits per heavy atom. The number of urea groups is 1. The van der Waals surface area contributed by atoms with Crippen molar-refractivity contribution in [3.8, 4) is 22.3 Å². The summed E-state index contributed by atoms with van der Waals surface area (Å²) in [5.74, 6) is 0. The summed E-state index contributed by atoms with van der Waals surface area (Å²) in [6.45, 7) is 1.52. The molecule has 2 amide bonds. The second-order valence-corrected chi connectivity index (χ2v) is 9.21. The third-order valence-corrected chi connectivity index (χ3v) is 7.46. The predicted octanol–water partition coefficient (Wildman–Crippen LogP) is 6.67. The van der Waals surface area contributed by atoms with Crippen LogP contribution in [-0.4, -0.2) is 19.1 Å². The minimum atomic E-state index is 0.0926. The molecule has 0 unspecified atom stereocenters. The van der Waals surface area contributed by atoms with Gasteiger partial charge < -0.3 is 0 Å². The first-order valence-electron chi connectivity index (χ1n) is 11.8. The lowest BCUT2D eigenvalue weighted by atomic mass is 10.0. The first-order valence-corrected chi connectivity index (χ1v) is 11.8. The smallest absolute Gasteiger partial charge is 0.294 e. The summed E-state index contributed by atoms with van der Waals surface area (Å²) in [4.78, 5) is 17.9. The van der Waals surface area contributed by atoms with Gasteiger partial charge in [-0.25, -0.2) is 4.79 Å².